The summed E-state index contributed by atoms with van der Waals surface area (Å²) in [6, 6.07) is 0. The number of amidine groups is 1. The van der Waals surface area contributed by atoms with Crippen molar-refractivity contribution < 1.29 is 8.42 Å². The van der Waals surface area contributed by atoms with Gasteiger partial charge in [0.15, 0.2) is 5.17 Å². The molecule has 0 aliphatic carbocycles. The Bertz CT molecular complexity index is 378. The van der Waals surface area contributed by atoms with Crippen LogP contribution in [0.1, 0.15) is 26.7 Å². The molecule has 1 atom stereocenters. The van der Waals surface area contributed by atoms with Gasteiger partial charge in [0.05, 0.1) is 12.8 Å². The van der Waals surface area contributed by atoms with Gasteiger partial charge in [0.2, 0.25) is 10.0 Å². The molecule has 5 nitrogen and oxygen atoms in total. The minimum absolute atomic E-state index is 0.397. The van der Waals surface area contributed by atoms with Gasteiger partial charge >= 0.3 is 0 Å². The Morgan fingerprint density at radius 3 is 2.61 bits per heavy atom. The van der Waals surface area contributed by atoms with Gasteiger partial charge in [-0.1, -0.05) is 38.5 Å². The van der Waals surface area contributed by atoms with Crippen molar-refractivity contribution in [1.29, 1.82) is 0 Å². The van der Waals surface area contributed by atoms with E-state index in [9.17, 15) is 8.42 Å². The number of nitrogens with zero attached hydrogens (tertiary/aromatic N) is 1. The standard InChI is InChI=1S/C11H23N3O2S2/c1-4-9(5-2)10-8-13-11(17-10)12-6-7-14-18(3,15)16/h9-10,14H,4-8H2,1-3H3,(H,12,13). The molecule has 18 heavy (non-hydrogen) atoms. The van der Waals surface area contributed by atoms with Crippen molar-refractivity contribution in [2.75, 3.05) is 25.9 Å². The maximum Gasteiger partial charge on any atom is 0.208 e. The van der Waals surface area contributed by atoms with Crippen molar-refractivity contribution in [2.24, 2.45) is 10.9 Å². The first-order chi connectivity index (χ1) is 8.46. The fourth-order valence-corrected chi connectivity index (χ4v) is 3.77. The van der Waals surface area contributed by atoms with Gasteiger partial charge in [-0.15, -0.1) is 0 Å². The third-order valence-corrected chi connectivity index (χ3v) is 5.08. The Kier molecular flexibility index (Phi) is 6.45. The van der Waals surface area contributed by atoms with E-state index in [0.717, 1.165) is 18.0 Å². The van der Waals surface area contributed by atoms with E-state index in [1.54, 1.807) is 11.8 Å². The van der Waals surface area contributed by atoms with Crippen molar-refractivity contribution in [1.82, 2.24) is 10.0 Å². The maximum atomic E-state index is 10.9. The number of nitrogens with one attached hydrogen (secondary N) is 2. The van der Waals surface area contributed by atoms with E-state index in [-0.39, 0.29) is 0 Å². The molecule has 0 fully saturated rings. The molecule has 0 aromatic rings. The number of hydrogen-bond acceptors (Lipinski definition) is 5. The second-order valence-electron chi connectivity index (χ2n) is 4.47. The lowest BCUT2D eigenvalue weighted by Gasteiger charge is -2.18. The predicted octanol–water partition coefficient (Wildman–Crippen LogP) is 1.03. The van der Waals surface area contributed by atoms with Crippen LogP contribution in [0.5, 0.6) is 0 Å². The Hall–Kier alpha value is -0.270. The van der Waals surface area contributed by atoms with Crippen LogP contribution in [0.15, 0.2) is 4.99 Å². The number of sulfonamides is 1. The fraction of sp³-hybridized carbons (Fsp3) is 0.909. The van der Waals surface area contributed by atoms with Crippen molar-refractivity contribution in [2.45, 2.75) is 31.9 Å². The molecule has 1 aliphatic heterocycles. The van der Waals surface area contributed by atoms with E-state index in [1.165, 1.54) is 12.8 Å². The summed E-state index contributed by atoms with van der Waals surface area (Å²) in [7, 11) is -3.09. The molecule has 0 aromatic heterocycles. The van der Waals surface area contributed by atoms with Gasteiger partial charge in [-0.25, -0.2) is 13.1 Å². The highest BCUT2D eigenvalue weighted by Gasteiger charge is 2.25. The molecule has 0 saturated carbocycles. The number of rotatable bonds is 7. The van der Waals surface area contributed by atoms with Crippen molar-refractivity contribution in [3.05, 3.63) is 0 Å². The van der Waals surface area contributed by atoms with Crippen molar-refractivity contribution in [3.63, 3.8) is 0 Å². The quantitative estimate of drug-likeness (QED) is 0.688. The summed E-state index contributed by atoms with van der Waals surface area (Å²) in [6.45, 7) is 6.29. The smallest absolute Gasteiger partial charge is 0.208 e. The molecule has 1 rings (SSSR count). The fourth-order valence-electron chi connectivity index (χ4n) is 1.95. The monoisotopic (exact) mass is 293 g/mol. The van der Waals surface area contributed by atoms with Crippen molar-refractivity contribution in [3.8, 4) is 0 Å². The van der Waals surface area contributed by atoms with E-state index in [0.29, 0.717) is 24.3 Å². The highest BCUT2D eigenvalue weighted by Crippen LogP contribution is 2.30. The van der Waals surface area contributed by atoms with Gasteiger partial charge in [-0.2, -0.15) is 0 Å². The largest absolute Gasteiger partial charge is 0.364 e. The molecule has 0 spiro atoms. The Balaban J connectivity index is 2.22. The van der Waals surface area contributed by atoms with Crippen LogP contribution >= 0.6 is 11.8 Å². The van der Waals surface area contributed by atoms with Gasteiger partial charge in [0.1, 0.15) is 0 Å². The van der Waals surface area contributed by atoms with Gasteiger partial charge in [-0.3, -0.25) is 4.99 Å². The minimum atomic E-state index is -3.09. The molecule has 1 heterocycles. The Morgan fingerprint density at radius 2 is 2.06 bits per heavy atom. The molecule has 0 saturated heterocycles. The molecule has 106 valence electrons. The molecule has 0 amide bonds. The average Bonchev–Trinajstić information content (AvgIpc) is 2.74. The second-order valence-corrected chi connectivity index (χ2v) is 7.53. The Morgan fingerprint density at radius 1 is 1.39 bits per heavy atom. The van der Waals surface area contributed by atoms with Crippen LogP contribution in [0.2, 0.25) is 0 Å². The summed E-state index contributed by atoms with van der Waals surface area (Å²) >= 11 is 1.79. The number of thioether (sulfide) groups is 1. The normalized spacial score (nSPS) is 20.2. The summed E-state index contributed by atoms with van der Waals surface area (Å²) in [5.74, 6) is 0.715. The summed E-state index contributed by atoms with van der Waals surface area (Å²) in [4.78, 5) is 4.46. The molecule has 0 radical (unpaired) electrons. The lowest BCUT2D eigenvalue weighted by molar-refractivity contribution is 0.479. The SMILES string of the molecule is CCC(CC)C1CN=C(NCCNS(C)(=O)=O)S1. The van der Waals surface area contributed by atoms with Gasteiger partial charge in [-0.05, 0) is 5.92 Å². The van der Waals surface area contributed by atoms with Gasteiger partial charge in [0.25, 0.3) is 0 Å². The van der Waals surface area contributed by atoms with Crippen LogP contribution in [-0.2, 0) is 10.0 Å². The predicted molar refractivity (Wildman–Crippen MR) is 78.6 cm³/mol. The van der Waals surface area contributed by atoms with E-state index < -0.39 is 10.0 Å². The molecule has 0 aromatic carbocycles. The van der Waals surface area contributed by atoms with Gasteiger partial charge < -0.3 is 5.32 Å². The van der Waals surface area contributed by atoms with Crippen molar-refractivity contribution >= 4 is 27.0 Å². The lowest BCUT2D eigenvalue weighted by Crippen LogP contribution is -2.33. The summed E-state index contributed by atoms with van der Waals surface area (Å²) in [5.41, 5.74) is 0. The van der Waals surface area contributed by atoms with E-state index in [2.05, 4.69) is 28.9 Å². The average molecular weight is 293 g/mol. The third-order valence-electron chi connectivity index (χ3n) is 3.02. The number of aliphatic imine (C=N–C) groups is 1. The molecular formula is C11H23N3O2S2. The zero-order valence-corrected chi connectivity index (χ0v) is 12.9. The molecular weight excluding hydrogens is 270 g/mol. The summed E-state index contributed by atoms with van der Waals surface area (Å²) < 4.78 is 24.2. The molecule has 1 unspecified atom stereocenters. The zero-order valence-electron chi connectivity index (χ0n) is 11.3. The highest BCUT2D eigenvalue weighted by molar-refractivity contribution is 8.14. The first kappa shape index (κ1) is 15.8. The summed E-state index contributed by atoms with van der Waals surface area (Å²) in [6.07, 6.45) is 3.54. The topological polar surface area (TPSA) is 70.6 Å². The molecule has 7 heteroatoms. The minimum Gasteiger partial charge on any atom is -0.364 e. The highest BCUT2D eigenvalue weighted by atomic mass is 32.2. The lowest BCUT2D eigenvalue weighted by atomic mass is 9.99. The van der Waals surface area contributed by atoms with E-state index in [4.69, 9.17) is 0 Å². The zero-order chi connectivity index (χ0) is 13.6. The van der Waals surface area contributed by atoms with Gasteiger partial charge in [0, 0.05) is 18.3 Å². The van der Waals surface area contributed by atoms with Crippen LogP contribution in [0.4, 0.5) is 0 Å². The van der Waals surface area contributed by atoms with E-state index >= 15 is 0 Å². The van der Waals surface area contributed by atoms with Crippen LogP contribution in [-0.4, -0.2) is 44.7 Å². The molecule has 0 bridgehead atoms. The number of hydrogen-bond donors (Lipinski definition) is 2. The van der Waals surface area contributed by atoms with Crippen LogP contribution in [0.25, 0.3) is 0 Å². The summed E-state index contributed by atoms with van der Waals surface area (Å²) in [5, 5.41) is 4.69. The first-order valence-corrected chi connectivity index (χ1v) is 9.13. The van der Waals surface area contributed by atoms with Crippen LogP contribution in [0.3, 0.4) is 0 Å². The first-order valence-electron chi connectivity index (χ1n) is 6.35. The third kappa shape index (κ3) is 5.58. The van der Waals surface area contributed by atoms with Crippen LogP contribution in [0, 0.1) is 5.92 Å². The van der Waals surface area contributed by atoms with Crippen LogP contribution < -0.4 is 10.0 Å². The second kappa shape index (κ2) is 7.35. The molecule has 1 aliphatic rings. The van der Waals surface area contributed by atoms with E-state index in [1.807, 2.05) is 0 Å². The maximum absolute atomic E-state index is 10.9. The molecule has 2 N–H and O–H groups in total. The Labute approximate surface area is 114 Å².